The van der Waals surface area contributed by atoms with E-state index >= 15 is 0 Å². The van der Waals surface area contributed by atoms with Crippen LogP contribution < -0.4 is 5.73 Å². The molecule has 0 saturated carbocycles. The SMILES string of the molecule is COCCCC(N)CN1CC=C(C(F)(F)F)CC1. The molecular formula is C12H21F3N2O. The van der Waals surface area contributed by atoms with Crippen molar-refractivity contribution in [3.8, 4) is 0 Å². The zero-order valence-corrected chi connectivity index (χ0v) is 10.7. The van der Waals surface area contributed by atoms with E-state index in [1.54, 1.807) is 7.11 Å². The molecular weight excluding hydrogens is 245 g/mol. The van der Waals surface area contributed by atoms with E-state index in [1.165, 1.54) is 6.08 Å². The number of hydrogen-bond acceptors (Lipinski definition) is 3. The molecule has 106 valence electrons. The molecule has 1 rings (SSSR count). The molecule has 0 aromatic carbocycles. The minimum absolute atomic E-state index is 0.000914. The Kier molecular flexibility index (Phi) is 6.11. The van der Waals surface area contributed by atoms with Gasteiger partial charge in [-0.25, -0.2) is 0 Å². The summed E-state index contributed by atoms with van der Waals surface area (Å²) in [7, 11) is 1.64. The lowest BCUT2D eigenvalue weighted by Crippen LogP contribution is -2.40. The zero-order chi connectivity index (χ0) is 13.6. The third-order valence-electron chi connectivity index (χ3n) is 3.07. The van der Waals surface area contributed by atoms with Crippen LogP contribution in [-0.4, -0.2) is 50.5 Å². The summed E-state index contributed by atoms with van der Waals surface area (Å²) in [4.78, 5) is 1.96. The summed E-state index contributed by atoms with van der Waals surface area (Å²) in [6.45, 7) is 2.09. The van der Waals surface area contributed by atoms with Crippen LogP contribution in [0.1, 0.15) is 19.3 Å². The largest absolute Gasteiger partial charge is 0.412 e. The Bertz CT molecular complexity index is 279. The van der Waals surface area contributed by atoms with Gasteiger partial charge in [-0.3, -0.25) is 4.90 Å². The quantitative estimate of drug-likeness (QED) is 0.590. The molecule has 0 aliphatic carbocycles. The number of rotatable bonds is 6. The van der Waals surface area contributed by atoms with Crippen LogP contribution >= 0.6 is 0 Å². The monoisotopic (exact) mass is 266 g/mol. The molecule has 6 heteroatoms. The van der Waals surface area contributed by atoms with Crippen LogP contribution in [0.15, 0.2) is 11.6 Å². The molecule has 0 aromatic heterocycles. The number of alkyl halides is 3. The van der Waals surface area contributed by atoms with Crippen LogP contribution in [-0.2, 0) is 4.74 Å². The number of nitrogens with two attached hydrogens (primary N) is 1. The molecule has 0 aromatic rings. The first kappa shape index (κ1) is 15.5. The van der Waals surface area contributed by atoms with Gasteiger partial charge < -0.3 is 10.5 Å². The van der Waals surface area contributed by atoms with E-state index in [0.29, 0.717) is 26.2 Å². The number of halogens is 3. The molecule has 18 heavy (non-hydrogen) atoms. The third-order valence-corrected chi connectivity index (χ3v) is 3.07. The maximum absolute atomic E-state index is 12.4. The second kappa shape index (κ2) is 7.11. The van der Waals surface area contributed by atoms with E-state index in [1.807, 2.05) is 4.90 Å². The van der Waals surface area contributed by atoms with Gasteiger partial charge in [0.1, 0.15) is 0 Å². The van der Waals surface area contributed by atoms with E-state index in [0.717, 1.165) is 12.8 Å². The summed E-state index contributed by atoms with van der Waals surface area (Å²) < 4.78 is 42.2. The van der Waals surface area contributed by atoms with E-state index in [2.05, 4.69) is 0 Å². The Balaban J connectivity index is 2.28. The fourth-order valence-electron chi connectivity index (χ4n) is 2.05. The van der Waals surface area contributed by atoms with Gasteiger partial charge in [0.25, 0.3) is 0 Å². The van der Waals surface area contributed by atoms with Gasteiger partial charge in [-0.05, 0) is 19.3 Å². The smallest absolute Gasteiger partial charge is 0.385 e. The Labute approximate surface area is 106 Å². The number of methoxy groups -OCH3 is 1. The Morgan fingerprint density at radius 3 is 2.72 bits per heavy atom. The van der Waals surface area contributed by atoms with Crippen LogP contribution in [0.3, 0.4) is 0 Å². The van der Waals surface area contributed by atoms with E-state index in [-0.39, 0.29) is 12.5 Å². The molecule has 3 nitrogen and oxygen atoms in total. The number of ether oxygens (including phenoxy) is 1. The van der Waals surface area contributed by atoms with Crippen molar-refractivity contribution in [1.82, 2.24) is 4.90 Å². The predicted octanol–water partition coefficient (Wildman–Crippen LogP) is 1.93. The minimum Gasteiger partial charge on any atom is -0.385 e. The van der Waals surface area contributed by atoms with Crippen LogP contribution in [0.25, 0.3) is 0 Å². The first-order valence-corrected chi connectivity index (χ1v) is 6.16. The Hall–Kier alpha value is -0.590. The standard InChI is InChI=1S/C12H21F3N2O/c1-18-8-2-3-11(16)9-17-6-4-10(5-7-17)12(13,14)15/h4,11H,2-3,5-9,16H2,1H3. The van der Waals surface area contributed by atoms with Crippen LogP contribution in [0.2, 0.25) is 0 Å². The molecule has 0 bridgehead atoms. The third kappa shape index (κ3) is 5.37. The molecule has 1 aliphatic rings. The molecule has 0 radical (unpaired) electrons. The maximum Gasteiger partial charge on any atom is 0.412 e. The summed E-state index contributed by atoms with van der Waals surface area (Å²) in [5.74, 6) is 0. The summed E-state index contributed by atoms with van der Waals surface area (Å²) in [5, 5.41) is 0. The first-order valence-electron chi connectivity index (χ1n) is 6.16. The van der Waals surface area contributed by atoms with Gasteiger partial charge in [0, 0.05) is 45.0 Å². The van der Waals surface area contributed by atoms with Gasteiger partial charge in [0.2, 0.25) is 0 Å². The van der Waals surface area contributed by atoms with E-state index < -0.39 is 11.7 Å². The average Bonchev–Trinajstić information content (AvgIpc) is 2.29. The summed E-state index contributed by atoms with van der Waals surface area (Å²) >= 11 is 0. The summed E-state index contributed by atoms with van der Waals surface area (Å²) in [6, 6.07) is 0.000914. The summed E-state index contributed by atoms with van der Waals surface area (Å²) in [5.41, 5.74) is 5.52. The molecule has 1 heterocycles. The molecule has 0 fully saturated rings. The lowest BCUT2D eigenvalue weighted by Gasteiger charge is -2.29. The van der Waals surface area contributed by atoms with Gasteiger partial charge in [0.15, 0.2) is 0 Å². The lowest BCUT2D eigenvalue weighted by atomic mass is 10.1. The highest BCUT2D eigenvalue weighted by Crippen LogP contribution is 2.30. The van der Waals surface area contributed by atoms with Gasteiger partial charge in [-0.15, -0.1) is 0 Å². The molecule has 1 atom stereocenters. The van der Waals surface area contributed by atoms with Crippen molar-refractivity contribution in [3.63, 3.8) is 0 Å². The maximum atomic E-state index is 12.4. The second-order valence-electron chi connectivity index (χ2n) is 4.63. The lowest BCUT2D eigenvalue weighted by molar-refractivity contribution is -0.0960. The van der Waals surface area contributed by atoms with Gasteiger partial charge in [-0.2, -0.15) is 13.2 Å². The number of hydrogen-bond donors (Lipinski definition) is 1. The zero-order valence-electron chi connectivity index (χ0n) is 10.7. The van der Waals surface area contributed by atoms with Crippen LogP contribution in [0.5, 0.6) is 0 Å². The van der Waals surface area contributed by atoms with Crippen LogP contribution in [0, 0.1) is 0 Å². The highest BCUT2D eigenvalue weighted by atomic mass is 19.4. The van der Waals surface area contributed by atoms with Crippen molar-refractivity contribution in [3.05, 3.63) is 11.6 Å². The fraction of sp³-hybridized carbons (Fsp3) is 0.833. The van der Waals surface area contributed by atoms with Crippen molar-refractivity contribution in [2.45, 2.75) is 31.5 Å². The average molecular weight is 266 g/mol. The van der Waals surface area contributed by atoms with Gasteiger partial charge in [0.05, 0.1) is 0 Å². The van der Waals surface area contributed by atoms with Gasteiger partial charge >= 0.3 is 6.18 Å². The van der Waals surface area contributed by atoms with E-state index in [4.69, 9.17) is 10.5 Å². The minimum atomic E-state index is -4.17. The van der Waals surface area contributed by atoms with Crippen LogP contribution in [0.4, 0.5) is 13.2 Å². The fourth-order valence-corrected chi connectivity index (χ4v) is 2.05. The second-order valence-corrected chi connectivity index (χ2v) is 4.63. The summed E-state index contributed by atoms with van der Waals surface area (Å²) in [6.07, 6.45) is -1.12. The molecule has 2 N–H and O–H groups in total. The van der Waals surface area contributed by atoms with Crippen molar-refractivity contribution in [2.24, 2.45) is 5.73 Å². The van der Waals surface area contributed by atoms with Crippen molar-refractivity contribution in [1.29, 1.82) is 0 Å². The Morgan fingerprint density at radius 2 is 2.22 bits per heavy atom. The molecule has 1 aliphatic heterocycles. The Morgan fingerprint density at radius 1 is 1.50 bits per heavy atom. The van der Waals surface area contributed by atoms with Crippen molar-refractivity contribution >= 4 is 0 Å². The topological polar surface area (TPSA) is 38.5 Å². The normalized spacial score (nSPS) is 19.7. The highest BCUT2D eigenvalue weighted by Gasteiger charge is 2.34. The number of nitrogens with zero attached hydrogens (tertiary/aromatic N) is 1. The van der Waals surface area contributed by atoms with Gasteiger partial charge in [-0.1, -0.05) is 6.08 Å². The molecule has 0 amide bonds. The van der Waals surface area contributed by atoms with Crippen molar-refractivity contribution < 1.29 is 17.9 Å². The first-order chi connectivity index (χ1) is 8.43. The van der Waals surface area contributed by atoms with Crippen molar-refractivity contribution in [2.75, 3.05) is 33.4 Å². The highest BCUT2D eigenvalue weighted by molar-refractivity contribution is 5.13. The molecule has 0 spiro atoms. The molecule has 0 saturated heterocycles. The predicted molar refractivity (Wildman–Crippen MR) is 64.3 cm³/mol. The molecule has 1 unspecified atom stereocenters. The van der Waals surface area contributed by atoms with E-state index in [9.17, 15) is 13.2 Å².